The van der Waals surface area contributed by atoms with Crippen LogP contribution >= 0.6 is 0 Å². The van der Waals surface area contributed by atoms with Crippen LogP contribution in [0.4, 0.5) is 10.6 Å². The highest BCUT2D eigenvalue weighted by atomic mass is 16.5. The van der Waals surface area contributed by atoms with E-state index in [1.54, 1.807) is 24.6 Å². The van der Waals surface area contributed by atoms with E-state index in [2.05, 4.69) is 15.6 Å². The number of amides is 1. The Kier molecular flexibility index (Phi) is 3.38. The van der Waals surface area contributed by atoms with Gasteiger partial charge in [-0.05, 0) is 26.0 Å². The molecule has 2 aromatic heterocycles. The molecule has 0 unspecified atom stereocenters. The number of para-hydroxylation sites is 1. The van der Waals surface area contributed by atoms with Crippen molar-refractivity contribution < 1.29 is 14.4 Å². The third-order valence-corrected chi connectivity index (χ3v) is 3.22. The van der Waals surface area contributed by atoms with Crippen molar-refractivity contribution in [1.29, 1.82) is 0 Å². The summed E-state index contributed by atoms with van der Waals surface area (Å²) in [6.45, 7) is 3.58. The van der Waals surface area contributed by atoms with Crippen LogP contribution in [0.25, 0.3) is 17.1 Å². The van der Waals surface area contributed by atoms with Crippen molar-refractivity contribution >= 4 is 11.9 Å². The summed E-state index contributed by atoms with van der Waals surface area (Å²) in [7, 11) is 0. The van der Waals surface area contributed by atoms with Crippen LogP contribution in [0.2, 0.25) is 0 Å². The van der Waals surface area contributed by atoms with E-state index in [-0.39, 0.29) is 0 Å². The zero-order chi connectivity index (χ0) is 15.7. The number of aromatic nitrogens is 3. The first kappa shape index (κ1) is 13.9. The average molecular weight is 298 g/mol. The molecule has 1 amide bonds. The second-order valence-electron chi connectivity index (χ2n) is 4.82. The molecule has 112 valence electrons. The van der Waals surface area contributed by atoms with Crippen LogP contribution in [-0.2, 0) is 0 Å². The van der Waals surface area contributed by atoms with Gasteiger partial charge >= 0.3 is 6.09 Å². The molecule has 0 saturated carbocycles. The summed E-state index contributed by atoms with van der Waals surface area (Å²) in [6.07, 6.45) is -1.15. The number of rotatable bonds is 3. The van der Waals surface area contributed by atoms with Gasteiger partial charge in [0.05, 0.1) is 5.69 Å². The molecule has 0 aliphatic rings. The highest BCUT2D eigenvalue weighted by Gasteiger charge is 2.20. The van der Waals surface area contributed by atoms with Gasteiger partial charge < -0.3 is 9.63 Å². The first-order valence-electron chi connectivity index (χ1n) is 6.65. The van der Waals surface area contributed by atoms with E-state index < -0.39 is 6.09 Å². The van der Waals surface area contributed by atoms with Crippen LogP contribution in [0.15, 0.2) is 40.9 Å². The quantitative estimate of drug-likeness (QED) is 0.774. The summed E-state index contributed by atoms with van der Waals surface area (Å²) in [5, 5.41) is 19.9. The Bertz CT molecular complexity index is 821. The van der Waals surface area contributed by atoms with Crippen LogP contribution in [0.5, 0.6) is 0 Å². The molecule has 2 heterocycles. The molecule has 22 heavy (non-hydrogen) atoms. The van der Waals surface area contributed by atoms with Crippen LogP contribution in [0.3, 0.4) is 0 Å². The first-order valence-corrected chi connectivity index (χ1v) is 6.65. The van der Waals surface area contributed by atoms with Crippen molar-refractivity contribution in [1.82, 2.24) is 14.9 Å². The normalized spacial score (nSPS) is 10.6. The maximum atomic E-state index is 11.1. The summed E-state index contributed by atoms with van der Waals surface area (Å²) in [4.78, 5) is 11.1. The lowest BCUT2D eigenvalue weighted by atomic mass is 10.2. The first-order chi connectivity index (χ1) is 10.6. The van der Waals surface area contributed by atoms with Crippen molar-refractivity contribution in [3.63, 3.8) is 0 Å². The van der Waals surface area contributed by atoms with Gasteiger partial charge in [-0.1, -0.05) is 23.4 Å². The summed E-state index contributed by atoms with van der Waals surface area (Å²) in [5.74, 6) is 1.05. The van der Waals surface area contributed by atoms with Crippen molar-refractivity contribution in [2.75, 3.05) is 5.32 Å². The number of aryl methyl sites for hydroxylation is 1. The Morgan fingerprint density at radius 1 is 1.27 bits per heavy atom. The van der Waals surface area contributed by atoms with Gasteiger partial charge in [-0.15, -0.1) is 0 Å². The number of hydrogen-bond acceptors (Lipinski definition) is 4. The molecule has 0 radical (unpaired) electrons. The molecule has 7 nitrogen and oxygen atoms in total. The van der Waals surface area contributed by atoms with Crippen LogP contribution in [0, 0.1) is 13.8 Å². The lowest BCUT2D eigenvalue weighted by Gasteiger charge is -2.07. The molecule has 2 N–H and O–H groups in total. The minimum atomic E-state index is -1.15. The molecule has 0 spiro atoms. The fourth-order valence-electron chi connectivity index (χ4n) is 2.22. The Morgan fingerprint density at radius 3 is 2.59 bits per heavy atom. The summed E-state index contributed by atoms with van der Waals surface area (Å²) in [6, 6.07) is 11.0. The Hall–Kier alpha value is -3.09. The van der Waals surface area contributed by atoms with Crippen molar-refractivity contribution in [2.45, 2.75) is 13.8 Å². The van der Waals surface area contributed by atoms with Crippen molar-refractivity contribution in [3.8, 4) is 17.1 Å². The summed E-state index contributed by atoms with van der Waals surface area (Å²) in [5.41, 5.74) is 2.57. The summed E-state index contributed by atoms with van der Waals surface area (Å²) < 4.78 is 6.62. The maximum absolute atomic E-state index is 11.1. The Morgan fingerprint density at radius 2 is 2.00 bits per heavy atom. The number of hydrogen-bond donors (Lipinski definition) is 2. The lowest BCUT2D eigenvalue weighted by molar-refractivity contribution is 0.209. The molecule has 0 aliphatic carbocycles. The van der Waals surface area contributed by atoms with Crippen LogP contribution in [0.1, 0.15) is 11.3 Å². The molecular weight excluding hydrogens is 284 g/mol. The number of benzene rings is 1. The smallest absolute Gasteiger partial charge is 0.410 e. The Balaban J connectivity index is 2.18. The largest absolute Gasteiger partial charge is 0.465 e. The zero-order valence-electron chi connectivity index (χ0n) is 12.1. The van der Waals surface area contributed by atoms with E-state index >= 15 is 0 Å². The standard InChI is InChI=1S/C15H14N4O3/c1-9-8-12(18-22-9)13-10(2)14(16-15(20)21)19(17-13)11-6-4-3-5-7-11/h3-8,16H,1-2H3,(H,20,21). The second-order valence-corrected chi connectivity index (χ2v) is 4.82. The molecular formula is C15H14N4O3. The second kappa shape index (κ2) is 5.36. The number of nitrogens with zero attached hydrogens (tertiary/aromatic N) is 3. The van der Waals surface area contributed by atoms with E-state index in [4.69, 9.17) is 9.63 Å². The van der Waals surface area contributed by atoms with Gasteiger partial charge in [0.25, 0.3) is 0 Å². The van der Waals surface area contributed by atoms with E-state index in [1.165, 1.54) is 0 Å². The topological polar surface area (TPSA) is 93.2 Å². The van der Waals surface area contributed by atoms with Crippen LogP contribution < -0.4 is 5.32 Å². The highest BCUT2D eigenvalue weighted by Crippen LogP contribution is 2.30. The third kappa shape index (κ3) is 2.44. The summed E-state index contributed by atoms with van der Waals surface area (Å²) >= 11 is 0. The minimum Gasteiger partial charge on any atom is -0.465 e. The highest BCUT2D eigenvalue weighted by molar-refractivity contribution is 5.85. The van der Waals surface area contributed by atoms with Gasteiger partial charge in [0.2, 0.25) is 0 Å². The maximum Gasteiger partial charge on any atom is 0.410 e. The molecule has 0 fully saturated rings. The van der Waals surface area contributed by atoms with Gasteiger partial charge in [0.1, 0.15) is 23.0 Å². The third-order valence-electron chi connectivity index (χ3n) is 3.22. The number of nitrogens with one attached hydrogen (secondary N) is 1. The van der Waals surface area contributed by atoms with E-state index in [0.717, 1.165) is 5.69 Å². The van der Waals surface area contributed by atoms with Gasteiger partial charge in [0.15, 0.2) is 0 Å². The van der Waals surface area contributed by atoms with Crippen molar-refractivity contribution in [2.24, 2.45) is 0 Å². The monoisotopic (exact) mass is 298 g/mol. The molecule has 0 bridgehead atoms. The minimum absolute atomic E-state index is 0.384. The van der Waals surface area contributed by atoms with Gasteiger partial charge in [-0.3, -0.25) is 5.32 Å². The van der Waals surface area contributed by atoms with E-state index in [1.807, 2.05) is 30.3 Å². The zero-order valence-corrected chi connectivity index (χ0v) is 12.1. The lowest BCUT2D eigenvalue weighted by Crippen LogP contribution is -2.12. The predicted octanol–water partition coefficient (Wildman–Crippen LogP) is 3.23. The molecule has 0 atom stereocenters. The van der Waals surface area contributed by atoms with E-state index in [0.29, 0.717) is 28.5 Å². The van der Waals surface area contributed by atoms with Gasteiger partial charge in [0, 0.05) is 11.6 Å². The molecule has 3 rings (SSSR count). The number of anilines is 1. The Labute approximate surface area is 126 Å². The van der Waals surface area contributed by atoms with Gasteiger partial charge in [-0.2, -0.15) is 5.10 Å². The molecule has 7 heteroatoms. The number of carbonyl (C=O) groups is 1. The SMILES string of the molecule is Cc1cc(-c2nn(-c3ccccc3)c(NC(=O)O)c2C)no1. The van der Waals surface area contributed by atoms with Crippen LogP contribution in [-0.4, -0.2) is 26.1 Å². The fourth-order valence-corrected chi connectivity index (χ4v) is 2.22. The predicted molar refractivity (Wildman–Crippen MR) is 80.2 cm³/mol. The fraction of sp³-hybridized carbons (Fsp3) is 0.133. The van der Waals surface area contributed by atoms with E-state index in [9.17, 15) is 4.79 Å². The van der Waals surface area contributed by atoms with Crippen molar-refractivity contribution in [3.05, 3.63) is 47.7 Å². The van der Waals surface area contributed by atoms with Gasteiger partial charge in [-0.25, -0.2) is 9.48 Å². The number of carboxylic acid groups (broad SMARTS) is 1. The molecule has 0 saturated heterocycles. The molecule has 1 aromatic carbocycles. The molecule has 3 aromatic rings. The molecule has 0 aliphatic heterocycles. The average Bonchev–Trinajstić information content (AvgIpc) is 3.05.